The lowest BCUT2D eigenvalue weighted by molar-refractivity contribution is -0.128. The standard InChI is InChI=1S/C21H26ClNO2/c1-6-20(25-17-9-10-19(22)15(4)12-17)21(24)23-16(5)18-11-13(2)7-8-14(18)3/h7-12,16,20H,6H2,1-5H3,(H,23,24)/t16-,20-/m0/s1. The Morgan fingerprint density at radius 3 is 2.48 bits per heavy atom. The van der Waals surface area contributed by atoms with Crippen molar-refractivity contribution in [2.45, 2.75) is 53.2 Å². The van der Waals surface area contributed by atoms with E-state index in [9.17, 15) is 4.79 Å². The van der Waals surface area contributed by atoms with Crippen molar-refractivity contribution in [3.63, 3.8) is 0 Å². The van der Waals surface area contributed by atoms with Gasteiger partial charge in [0.2, 0.25) is 0 Å². The summed E-state index contributed by atoms with van der Waals surface area (Å²) in [6, 6.07) is 11.6. The summed E-state index contributed by atoms with van der Waals surface area (Å²) in [5.41, 5.74) is 4.41. The smallest absolute Gasteiger partial charge is 0.261 e. The van der Waals surface area contributed by atoms with Gasteiger partial charge in [-0.3, -0.25) is 4.79 Å². The molecule has 0 aliphatic rings. The van der Waals surface area contributed by atoms with Gasteiger partial charge >= 0.3 is 0 Å². The first-order valence-corrected chi connectivity index (χ1v) is 9.00. The van der Waals surface area contributed by atoms with E-state index >= 15 is 0 Å². The second kappa shape index (κ2) is 8.39. The van der Waals surface area contributed by atoms with Gasteiger partial charge in [-0.15, -0.1) is 0 Å². The molecule has 0 bridgehead atoms. The fraction of sp³-hybridized carbons (Fsp3) is 0.381. The molecule has 4 heteroatoms. The van der Waals surface area contributed by atoms with Crippen LogP contribution in [-0.2, 0) is 4.79 Å². The van der Waals surface area contributed by atoms with E-state index in [0.29, 0.717) is 17.2 Å². The average Bonchev–Trinajstić information content (AvgIpc) is 2.57. The molecule has 1 N–H and O–H groups in total. The van der Waals surface area contributed by atoms with Crippen molar-refractivity contribution in [1.29, 1.82) is 0 Å². The molecule has 0 saturated heterocycles. The monoisotopic (exact) mass is 359 g/mol. The largest absolute Gasteiger partial charge is 0.481 e. The van der Waals surface area contributed by atoms with Gasteiger partial charge in [-0.1, -0.05) is 42.3 Å². The highest BCUT2D eigenvalue weighted by atomic mass is 35.5. The number of benzene rings is 2. The predicted octanol–water partition coefficient (Wildman–Crippen LogP) is 5.30. The highest BCUT2D eigenvalue weighted by Gasteiger charge is 2.21. The first-order chi connectivity index (χ1) is 11.8. The van der Waals surface area contributed by atoms with Crippen molar-refractivity contribution >= 4 is 17.5 Å². The number of amides is 1. The molecule has 2 atom stereocenters. The van der Waals surface area contributed by atoms with E-state index in [1.54, 1.807) is 12.1 Å². The molecule has 0 radical (unpaired) electrons. The van der Waals surface area contributed by atoms with Crippen molar-refractivity contribution in [3.05, 3.63) is 63.7 Å². The zero-order chi connectivity index (χ0) is 18.6. The van der Waals surface area contributed by atoms with Crippen molar-refractivity contribution in [1.82, 2.24) is 5.32 Å². The van der Waals surface area contributed by atoms with Crippen LogP contribution >= 0.6 is 11.6 Å². The van der Waals surface area contributed by atoms with Crippen LogP contribution in [-0.4, -0.2) is 12.0 Å². The third-order valence-corrected chi connectivity index (χ3v) is 4.76. The summed E-state index contributed by atoms with van der Waals surface area (Å²) in [4.78, 5) is 12.6. The summed E-state index contributed by atoms with van der Waals surface area (Å²) in [6.07, 6.45) is 0.0562. The minimum atomic E-state index is -0.534. The molecule has 0 aliphatic carbocycles. The quantitative estimate of drug-likeness (QED) is 0.760. The van der Waals surface area contributed by atoms with Gasteiger partial charge in [-0.05, 0) is 69.0 Å². The Labute approximate surface area is 155 Å². The Kier molecular flexibility index (Phi) is 6.49. The number of hydrogen-bond donors (Lipinski definition) is 1. The molecule has 2 rings (SSSR count). The lowest BCUT2D eigenvalue weighted by Gasteiger charge is -2.22. The van der Waals surface area contributed by atoms with Gasteiger partial charge in [0.1, 0.15) is 5.75 Å². The molecule has 0 saturated carbocycles. The minimum Gasteiger partial charge on any atom is -0.481 e. The number of hydrogen-bond acceptors (Lipinski definition) is 2. The van der Waals surface area contributed by atoms with Crippen molar-refractivity contribution in [3.8, 4) is 5.75 Å². The molecule has 0 fully saturated rings. The van der Waals surface area contributed by atoms with Gasteiger partial charge < -0.3 is 10.1 Å². The number of ether oxygens (including phenoxy) is 1. The molecule has 3 nitrogen and oxygen atoms in total. The number of carbonyl (C=O) groups excluding carboxylic acids is 1. The first-order valence-electron chi connectivity index (χ1n) is 8.62. The van der Waals surface area contributed by atoms with Gasteiger partial charge in [-0.25, -0.2) is 0 Å². The third-order valence-electron chi connectivity index (χ3n) is 4.33. The lowest BCUT2D eigenvalue weighted by Crippen LogP contribution is -2.39. The van der Waals surface area contributed by atoms with E-state index in [2.05, 4.69) is 37.4 Å². The van der Waals surface area contributed by atoms with Crippen LogP contribution in [0.15, 0.2) is 36.4 Å². The molecule has 0 aliphatic heterocycles. The summed E-state index contributed by atoms with van der Waals surface area (Å²) in [5.74, 6) is 0.548. The molecule has 1 amide bonds. The van der Waals surface area contributed by atoms with Crippen LogP contribution in [0, 0.1) is 20.8 Å². The van der Waals surface area contributed by atoms with E-state index in [0.717, 1.165) is 11.1 Å². The molecule has 0 spiro atoms. The van der Waals surface area contributed by atoms with E-state index in [1.807, 2.05) is 26.8 Å². The van der Waals surface area contributed by atoms with Crippen LogP contribution in [0.25, 0.3) is 0 Å². The van der Waals surface area contributed by atoms with Crippen LogP contribution in [0.3, 0.4) is 0 Å². The molecule has 2 aromatic carbocycles. The van der Waals surface area contributed by atoms with E-state index in [4.69, 9.17) is 16.3 Å². The van der Waals surface area contributed by atoms with E-state index < -0.39 is 6.10 Å². The van der Waals surface area contributed by atoms with Crippen molar-refractivity contribution in [2.75, 3.05) is 0 Å². The molecule has 2 aromatic rings. The van der Waals surface area contributed by atoms with E-state index in [1.165, 1.54) is 11.1 Å². The van der Waals surface area contributed by atoms with Gasteiger partial charge in [0.15, 0.2) is 6.10 Å². The Morgan fingerprint density at radius 2 is 1.84 bits per heavy atom. The second-order valence-corrected chi connectivity index (χ2v) is 6.92. The maximum Gasteiger partial charge on any atom is 0.261 e. The number of aryl methyl sites for hydroxylation is 3. The maximum atomic E-state index is 12.6. The number of rotatable bonds is 6. The fourth-order valence-electron chi connectivity index (χ4n) is 2.79. The average molecular weight is 360 g/mol. The molecule has 134 valence electrons. The molecule has 0 heterocycles. The van der Waals surface area contributed by atoms with Crippen LogP contribution < -0.4 is 10.1 Å². The normalized spacial score (nSPS) is 13.2. The SMILES string of the molecule is CC[C@H](Oc1ccc(Cl)c(C)c1)C(=O)N[C@@H](C)c1cc(C)ccc1C. The lowest BCUT2D eigenvalue weighted by atomic mass is 10.00. The zero-order valence-electron chi connectivity index (χ0n) is 15.5. The molecule has 25 heavy (non-hydrogen) atoms. The van der Waals surface area contributed by atoms with Crippen molar-refractivity contribution < 1.29 is 9.53 Å². The Bertz CT molecular complexity index is 758. The maximum absolute atomic E-state index is 12.6. The molecular formula is C21H26ClNO2. The number of nitrogens with one attached hydrogen (secondary N) is 1. The Balaban J connectivity index is 2.08. The van der Waals surface area contributed by atoms with Crippen LogP contribution in [0.5, 0.6) is 5.75 Å². The van der Waals surface area contributed by atoms with E-state index in [-0.39, 0.29) is 11.9 Å². The van der Waals surface area contributed by atoms with Gasteiger partial charge in [0.05, 0.1) is 6.04 Å². The third kappa shape index (κ3) is 4.99. The van der Waals surface area contributed by atoms with Gasteiger partial charge in [0.25, 0.3) is 5.91 Å². The van der Waals surface area contributed by atoms with Gasteiger partial charge in [0, 0.05) is 5.02 Å². The zero-order valence-corrected chi connectivity index (χ0v) is 16.3. The summed E-state index contributed by atoms with van der Waals surface area (Å²) >= 11 is 6.04. The van der Waals surface area contributed by atoms with Crippen LogP contribution in [0.1, 0.15) is 48.6 Å². The predicted molar refractivity (Wildman–Crippen MR) is 103 cm³/mol. The van der Waals surface area contributed by atoms with Crippen LogP contribution in [0.4, 0.5) is 0 Å². The van der Waals surface area contributed by atoms with Gasteiger partial charge in [-0.2, -0.15) is 0 Å². The highest BCUT2D eigenvalue weighted by Crippen LogP contribution is 2.23. The van der Waals surface area contributed by atoms with Crippen LogP contribution in [0.2, 0.25) is 5.02 Å². The first kappa shape index (κ1) is 19.3. The number of carbonyl (C=O) groups is 1. The summed E-state index contributed by atoms with van der Waals surface area (Å²) in [5, 5.41) is 3.76. The fourth-order valence-corrected chi connectivity index (χ4v) is 2.91. The molecule has 0 aromatic heterocycles. The topological polar surface area (TPSA) is 38.3 Å². The summed E-state index contributed by atoms with van der Waals surface area (Å²) in [6.45, 7) is 9.97. The molecule has 0 unspecified atom stereocenters. The Hall–Kier alpha value is -2.00. The Morgan fingerprint density at radius 1 is 1.12 bits per heavy atom. The summed E-state index contributed by atoms with van der Waals surface area (Å²) < 4.78 is 5.88. The number of halogens is 1. The second-order valence-electron chi connectivity index (χ2n) is 6.52. The summed E-state index contributed by atoms with van der Waals surface area (Å²) in [7, 11) is 0. The van der Waals surface area contributed by atoms with Crippen molar-refractivity contribution in [2.24, 2.45) is 0 Å². The molecular weight excluding hydrogens is 334 g/mol. The minimum absolute atomic E-state index is 0.0722. The highest BCUT2D eigenvalue weighted by molar-refractivity contribution is 6.31.